The number of nitrogens with zero attached hydrogens (tertiary/aromatic N) is 4. The Balaban J connectivity index is 2.16. The van der Waals surface area contributed by atoms with Crippen molar-refractivity contribution in [2.75, 3.05) is 26.3 Å². The van der Waals surface area contributed by atoms with Crippen LogP contribution >= 0.6 is 0 Å². The van der Waals surface area contributed by atoms with Crippen LogP contribution in [0.3, 0.4) is 0 Å². The molecule has 0 atom stereocenters. The summed E-state index contributed by atoms with van der Waals surface area (Å²) >= 11 is 0. The minimum Gasteiger partial charge on any atom is -0.454 e. The van der Waals surface area contributed by atoms with Crippen LogP contribution in [-0.2, 0) is 16.0 Å². The van der Waals surface area contributed by atoms with Gasteiger partial charge >= 0.3 is 5.97 Å². The first-order valence-corrected chi connectivity index (χ1v) is 7.75. The molecule has 0 radical (unpaired) electrons. The second kappa shape index (κ2) is 6.75. The number of ether oxygens (including phenoxy) is 2. The Labute approximate surface area is 131 Å². The molecule has 7 heteroatoms. The van der Waals surface area contributed by atoms with Gasteiger partial charge in [0.2, 0.25) is 5.82 Å². The van der Waals surface area contributed by atoms with Gasteiger partial charge in [-0.1, -0.05) is 0 Å². The second-order valence-corrected chi connectivity index (χ2v) is 6.78. The van der Waals surface area contributed by atoms with Gasteiger partial charge in [0, 0.05) is 19.1 Å². The molecule has 2 heterocycles. The SMILES string of the molecule is CC(C)n1nc(CN2CCOCC2)nc1C(=O)OC(C)(C)C. The molecule has 2 rings (SSSR count). The van der Waals surface area contributed by atoms with Crippen molar-refractivity contribution in [1.29, 1.82) is 0 Å². The van der Waals surface area contributed by atoms with E-state index in [9.17, 15) is 4.79 Å². The van der Waals surface area contributed by atoms with Gasteiger partial charge in [0.15, 0.2) is 5.82 Å². The molecule has 0 unspecified atom stereocenters. The number of aromatic nitrogens is 3. The molecular weight excluding hydrogens is 284 g/mol. The van der Waals surface area contributed by atoms with Crippen molar-refractivity contribution in [2.45, 2.75) is 52.8 Å². The molecule has 0 N–H and O–H groups in total. The number of carbonyl (C=O) groups is 1. The van der Waals surface area contributed by atoms with E-state index in [-0.39, 0.29) is 11.9 Å². The van der Waals surface area contributed by atoms with E-state index in [0.29, 0.717) is 12.4 Å². The summed E-state index contributed by atoms with van der Waals surface area (Å²) in [5.74, 6) is 0.492. The predicted molar refractivity (Wildman–Crippen MR) is 81.7 cm³/mol. The summed E-state index contributed by atoms with van der Waals surface area (Å²) in [7, 11) is 0. The fourth-order valence-electron chi connectivity index (χ4n) is 2.22. The summed E-state index contributed by atoms with van der Waals surface area (Å²) in [6, 6.07) is 0.0495. The van der Waals surface area contributed by atoms with E-state index in [1.807, 2.05) is 34.6 Å². The molecule has 22 heavy (non-hydrogen) atoms. The first-order valence-electron chi connectivity index (χ1n) is 7.75. The number of rotatable bonds is 4. The normalized spacial score (nSPS) is 17.0. The van der Waals surface area contributed by atoms with Gasteiger partial charge < -0.3 is 9.47 Å². The average Bonchev–Trinajstić information content (AvgIpc) is 2.82. The molecule has 0 aromatic carbocycles. The largest absolute Gasteiger partial charge is 0.454 e. The van der Waals surface area contributed by atoms with Crippen LogP contribution in [0.2, 0.25) is 0 Å². The van der Waals surface area contributed by atoms with Crippen molar-refractivity contribution in [1.82, 2.24) is 19.7 Å². The first kappa shape index (κ1) is 16.9. The van der Waals surface area contributed by atoms with E-state index >= 15 is 0 Å². The van der Waals surface area contributed by atoms with Gasteiger partial charge in [0.25, 0.3) is 0 Å². The van der Waals surface area contributed by atoms with Crippen molar-refractivity contribution in [3.8, 4) is 0 Å². The van der Waals surface area contributed by atoms with Crippen LogP contribution in [-0.4, -0.2) is 57.5 Å². The molecule has 1 aromatic heterocycles. The van der Waals surface area contributed by atoms with E-state index in [0.717, 1.165) is 26.3 Å². The molecule has 124 valence electrons. The zero-order chi connectivity index (χ0) is 16.3. The predicted octanol–water partition coefficient (Wildman–Crippen LogP) is 1.65. The number of hydrogen-bond acceptors (Lipinski definition) is 6. The molecule has 1 saturated heterocycles. The second-order valence-electron chi connectivity index (χ2n) is 6.78. The maximum Gasteiger partial charge on any atom is 0.376 e. The number of carbonyl (C=O) groups excluding carboxylic acids is 1. The van der Waals surface area contributed by atoms with Crippen LogP contribution in [0.1, 0.15) is 57.1 Å². The fraction of sp³-hybridized carbons (Fsp3) is 0.800. The van der Waals surface area contributed by atoms with Crippen LogP contribution in [0.15, 0.2) is 0 Å². The monoisotopic (exact) mass is 310 g/mol. The third-order valence-electron chi connectivity index (χ3n) is 3.21. The van der Waals surface area contributed by atoms with Crippen molar-refractivity contribution >= 4 is 5.97 Å². The molecule has 7 nitrogen and oxygen atoms in total. The lowest BCUT2D eigenvalue weighted by Gasteiger charge is -2.25. The van der Waals surface area contributed by atoms with E-state index in [4.69, 9.17) is 9.47 Å². The van der Waals surface area contributed by atoms with Crippen LogP contribution in [0, 0.1) is 0 Å². The standard InChI is InChI=1S/C15H26N4O3/c1-11(2)19-13(14(20)22-15(3,4)5)16-12(17-19)10-18-6-8-21-9-7-18/h11H,6-10H2,1-5H3. The highest BCUT2D eigenvalue weighted by atomic mass is 16.6. The summed E-state index contributed by atoms with van der Waals surface area (Å²) in [6.45, 7) is 13.3. The minimum absolute atomic E-state index is 0.0495. The smallest absolute Gasteiger partial charge is 0.376 e. The Bertz CT molecular complexity index is 513. The van der Waals surface area contributed by atoms with Crippen molar-refractivity contribution < 1.29 is 14.3 Å². The van der Waals surface area contributed by atoms with Gasteiger partial charge in [-0.3, -0.25) is 4.90 Å². The molecule has 1 aromatic rings. The zero-order valence-electron chi connectivity index (χ0n) is 14.1. The maximum atomic E-state index is 12.3. The number of esters is 1. The third kappa shape index (κ3) is 4.51. The highest BCUT2D eigenvalue weighted by Gasteiger charge is 2.26. The van der Waals surface area contributed by atoms with Gasteiger partial charge in [-0.2, -0.15) is 5.10 Å². The van der Waals surface area contributed by atoms with E-state index < -0.39 is 11.6 Å². The molecule has 0 bridgehead atoms. The highest BCUT2D eigenvalue weighted by Crippen LogP contribution is 2.15. The Kier molecular flexibility index (Phi) is 5.18. The van der Waals surface area contributed by atoms with E-state index in [2.05, 4.69) is 15.0 Å². The zero-order valence-corrected chi connectivity index (χ0v) is 14.1. The molecular formula is C15H26N4O3. The highest BCUT2D eigenvalue weighted by molar-refractivity contribution is 5.85. The number of hydrogen-bond donors (Lipinski definition) is 0. The summed E-state index contributed by atoms with van der Waals surface area (Å²) in [6.07, 6.45) is 0. The molecule has 0 spiro atoms. The van der Waals surface area contributed by atoms with Gasteiger partial charge in [-0.25, -0.2) is 14.5 Å². The quantitative estimate of drug-likeness (QED) is 0.788. The van der Waals surface area contributed by atoms with E-state index in [1.54, 1.807) is 4.68 Å². The Hall–Kier alpha value is -1.47. The maximum absolute atomic E-state index is 12.3. The fourth-order valence-corrected chi connectivity index (χ4v) is 2.22. The Morgan fingerprint density at radius 1 is 1.32 bits per heavy atom. The average molecular weight is 310 g/mol. The first-order chi connectivity index (χ1) is 10.3. The summed E-state index contributed by atoms with van der Waals surface area (Å²) in [4.78, 5) is 18.9. The Morgan fingerprint density at radius 3 is 2.50 bits per heavy atom. The van der Waals surface area contributed by atoms with Gasteiger partial charge in [0.05, 0.1) is 19.8 Å². The molecule has 0 amide bonds. The Morgan fingerprint density at radius 2 is 1.95 bits per heavy atom. The topological polar surface area (TPSA) is 69.5 Å². The van der Waals surface area contributed by atoms with E-state index in [1.165, 1.54) is 0 Å². The molecule has 0 aliphatic carbocycles. The van der Waals surface area contributed by atoms with Gasteiger partial charge in [-0.15, -0.1) is 0 Å². The van der Waals surface area contributed by atoms with Crippen LogP contribution < -0.4 is 0 Å². The molecule has 1 aliphatic rings. The minimum atomic E-state index is -0.546. The molecule has 1 fully saturated rings. The van der Waals surface area contributed by atoms with Gasteiger partial charge in [-0.05, 0) is 34.6 Å². The molecule has 0 saturated carbocycles. The lowest BCUT2D eigenvalue weighted by atomic mass is 10.2. The molecule has 1 aliphatic heterocycles. The van der Waals surface area contributed by atoms with Crippen molar-refractivity contribution in [3.05, 3.63) is 11.6 Å². The van der Waals surface area contributed by atoms with Crippen molar-refractivity contribution in [3.63, 3.8) is 0 Å². The summed E-state index contributed by atoms with van der Waals surface area (Å²) in [5, 5.41) is 4.48. The summed E-state index contributed by atoms with van der Waals surface area (Å²) < 4.78 is 12.4. The third-order valence-corrected chi connectivity index (χ3v) is 3.21. The van der Waals surface area contributed by atoms with Gasteiger partial charge in [0.1, 0.15) is 5.60 Å². The van der Waals surface area contributed by atoms with Crippen LogP contribution in [0.4, 0.5) is 0 Å². The summed E-state index contributed by atoms with van der Waals surface area (Å²) in [5.41, 5.74) is -0.546. The number of morpholine rings is 1. The van der Waals surface area contributed by atoms with Crippen LogP contribution in [0.5, 0.6) is 0 Å². The lowest BCUT2D eigenvalue weighted by molar-refractivity contribution is 0.00467. The van der Waals surface area contributed by atoms with Crippen molar-refractivity contribution in [2.24, 2.45) is 0 Å². The van der Waals surface area contributed by atoms with Crippen LogP contribution in [0.25, 0.3) is 0 Å². The lowest BCUT2D eigenvalue weighted by Crippen LogP contribution is -2.36.